The third kappa shape index (κ3) is 3.19. The van der Waals surface area contributed by atoms with Crippen molar-refractivity contribution in [3.63, 3.8) is 0 Å². The maximum atomic E-state index is 11.8. The van der Waals surface area contributed by atoms with Crippen LogP contribution in [0.25, 0.3) is 0 Å². The molecule has 2 fully saturated rings. The molecular weight excluding hydrogens is 216 g/mol. The van der Waals surface area contributed by atoms with Crippen LogP contribution >= 0.6 is 0 Å². The average Bonchev–Trinajstić information content (AvgIpc) is 2.71. The van der Waals surface area contributed by atoms with Gasteiger partial charge in [-0.05, 0) is 32.1 Å². The molecule has 0 aromatic carbocycles. The van der Waals surface area contributed by atoms with Crippen LogP contribution in [0.5, 0.6) is 0 Å². The van der Waals surface area contributed by atoms with Crippen molar-refractivity contribution in [1.29, 1.82) is 0 Å². The molecule has 0 spiro atoms. The molecule has 1 saturated heterocycles. The molecular formula is C13H24N2O2. The van der Waals surface area contributed by atoms with Gasteiger partial charge in [0.25, 0.3) is 0 Å². The minimum absolute atomic E-state index is 0.106. The minimum atomic E-state index is -0.208. The van der Waals surface area contributed by atoms with Gasteiger partial charge >= 0.3 is 0 Å². The summed E-state index contributed by atoms with van der Waals surface area (Å²) in [5.41, 5.74) is 5.85. The number of hydrogen-bond acceptors (Lipinski definition) is 3. The number of hydrogen-bond donors (Lipinski definition) is 2. The van der Waals surface area contributed by atoms with Crippen LogP contribution in [0.4, 0.5) is 0 Å². The molecule has 1 heterocycles. The molecule has 2 aliphatic rings. The Morgan fingerprint density at radius 2 is 2.29 bits per heavy atom. The Morgan fingerprint density at radius 1 is 1.53 bits per heavy atom. The van der Waals surface area contributed by atoms with E-state index in [0.29, 0.717) is 18.4 Å². The summed E-state index contributed by atoms with van der Waals surface area (Å²) in [6, 6.07) is 0. The third-order valence-corrected chi connectivity index (χ3v) is 4.17. The van der Waals surface area contributed by atoms with E-state index >= 15 is 0 Å². The van der Waals surface area contributed by atoms with E-state index in [1.165, 1.54) is 0 Å². The SMILES string of the molecule is CCC1OCCC1CNC(=O)CC1(N)CCC1. The van der Waals surface area contributed by atoms with Crippen LogP contribution in [0.3, 0.4) is 0 Å². The zero-order valence-corrected chi connectivity index (χ0v) is 10.7. The molecule has 98 valence electrons. The van der Waals surface area contributed by atoms with E-state index in [1.807, 2.05) is 0 Å². The first-order valence-electron chi connectivity index (χ1n) is 6.80. The lowest BCUT2D eigenvalue weighted by atomic mass is 9.75. The summed E-state index contributed by atoms with van der Waals surface area (Å²) < 4.78 is 5.60. The van der Waals surface area contributed by atoms with Crippen molar-refractivity contribution >= 4 is 5.91 Å². The van der Waals surface area contributed by atoms with E-state index in [-0.39, 0.29) is 11.4 Å². The van der Waals surface area contributed by atoms with E-state index in [2.05, 4.69) is 12.2 Å². The van der Waals surface area contributed by atoms with E-state index < -0.39 is 0 Å². The Balaban J connectivity index is 1.68. The van der Waals surface area contributed by atoms with Gasteiger partial charge in [0, 0.05) is 31.0 Å². The highest BCUT2D eigenvalue weighted by Gasteiger charge is 2.35. The highest BCUT2D eigenvalue weighted by Crippen LogP contribution is 2.32. The minimum Gasteiger partial charge on any atom is -0.378 e. The Kier molecular flexibility index (Phi) is 4.05. The zero-order chi connectivity index (χ0) is 12.3. The van der Waals surface area contributed by atoms with Gasteiger partial charge in [0.05, 0.1) is 6.10 Å². The summed E-state index contributed by atoms with van der Waals surface area (Å²) in [5.74, 6) is 0.591. The zero-order valence-electron chi connectivity index (χ0n) is 10.7. The second-order valence-electron chi connectivity index (χ2n) is 5.56. The predicted octanol–water partition coefficient (Wildman–Crippen LogP) is 1.19. The first-order valence-corrected chi connectivity index (χ1v) is 6.80. The van der Waals surface area contributed by atoms with Gasteiger partial charge in [-0.15, -0.1) is 0 Å². The van der Waals surface area contributed by atoms with Crippen molar-refractivity contribution in [2.45, 2.75) is 57.1 Å². The van der Waals surface area contributed by atoms with Crippen LogP contribution in [-0.4, -0.2) is 30.7 Å². The maximum absolute atomic E-state index is 11.8. The van der Waals surface area contributed by atoms with Crippen molar-refractivity contribution in [2.75, 3.05) is 13.2 Å². The molecule has 0 bridgehead atoms. The summed E-state index contributed by atoms with van der Waals surface area (Å²) >= 11 is 0. The summed E-state index contributed by atoms with van der Waals surface area (Å²) in [4.78, 5) is 11.8. The van der Waals surface area contributed by atoms with Crippen LogP contribution in [-0.2, 0) is 9.53 Å². The van der Waals surface area contributed by atoms with Gasteiger partial charge in [-0.25, -0.2) is 0 Å². The van der Waals surface area contributed by atoms with Crippen LogP contribution < -0.4 is 11.1 Å². The van der Waals surface area contributed by atoms with Crippen molar-refractivity contribution in [1.82, 2.24) is 5.32 Å². The van der Waals surface area contributed by atoms with E-state index in [9.17, 15) is 4.79 Å². The van der Waals surface area contributed by atoms with Crippen LogP contribution in [0.1, 0.15) is 45.4 Å². The molecule has 0 aromatic rings. The van der Waals surface area contributed by atoms with E-state index in [4.69, 9.17) is 10.5 Å². The maximum Gasteiger partial charge on any atom is 0.221 e. The van der Waals surface area contributed by atoms with Crippen LogP contribution in [0.2, 0.25) is 0 Å². The Labute approximate surface area is 103 Å². The number of amides is 1. The monoisotopic (exact) mass is 240 g/mol. The van der Waals surface area contributed by atoms with Crippen molar-refractivity contribution in [3.8, 4) is 0 Å². The highest BCUT2D eigenvalue weighted by atomic mass is 16.5. The quantitative estimate of drug-likeness (QED) is 0.758. The first kappa shape index (κ1) is 12.8. The fourth-order valence-corrected chi connectivity index (χ4v) is 2.81. The van der Waals surface area contributed by atoms with Gasteiger partial charge in [0.1, 0.15) is 0 Å². The molecule has 0 radical (unpaired) electrons. The van der Waals surface area contributed by atoms with Crippen LogP contribution in [0, 0.1) is 5.92 Å². The molecule has 0 aromatic heterocycles. The molecule has 1 saturated carbocycles. The van der Waals surface area contributed by atoms with E-state index in [0.717, 1.165) is 45.3 Å². The number of nitrogens with one attached hydrogen (secondary N) is 1. The number of nitrogens with two attached hydrogens (primary N) is 1. The van der Waals surface area contributed by atoms with Crippen LogP contribution in [0.15, 0.2) is 0 Å². The van der Waals surface area contributed by atoms with Gasteiger partial charge in [0.2, 0.25) is 5.91 Å². The fourth-order valence-electron chi connectivity index (χ4n) is 2.81. The summed E-state index contributed by atoms with van der Waals surface area (Å²) in [6.07, 6.45) is 6.05. The molecule has 1 amide bonds. The Morgan fingerprint density at radius 3 is 2.88 bits per heavy atom. The second-order valence-corrected chi connectivity index (χ2v) is 5.56. The molecule has 1 aliphatic carbocycles. The average molecular weight is 240 g/mol. The van der Waals surface area contributed by atoms with Gasteiger partial charge in [-0.3, -0.25) is 4.79 Å². The van der Waals surface area contributed by atoms with Gasteiger partial charge in [-0.1, -0.05) is 6.92 Å². The molecule has 17 heavy (non-hydrogen) atoms. The number of rotatable bonds is 5. The Hall–Kier alpha value is -0.610. The van der Waals surface area contributed by atoms with Crippen molar-refractivity contribution in [3.05, 3.63) is 0 Å². The normalized spacial score (nSPS) is 30.9. The number of carbonyl (C=O) groups excluding carboxylic acids is 1. The smallest absolute Gasteiger partial charge is 0.221 e. The summed E-state index contributed by atoms with van der Waals surface area (Å²) in [6.45, 7) is 3.71. The molecule has 2 rings (SSSR count). The Bertz CT molecular complexity index is 277. The molecule has 3 N–H and O–H groups in total. The predicted molar refractivity (Wildman–Crippen MR) is 66.5 cm³/mol. The molecule has 4 nitrogen and oxygen atoms in total. The van der Waals surface area contributed by atoms with Gasteiger partial charge in [-0.2, -0.15) is 0 Å². The highest BCUT2D eigenvalue weighted by molar-refractivity contribution is 5.77. The van der Waals surface area contributed by atoms with Crippen molar-refractivity contribution < 1.29 is 9.53 Å². The van der Waals surface area contributed by atoms with Gasteiger partial charge < -0.3 is 15.8 Å². The lowest BCUT2D eigenvalue weighted by Crippen LogP contribution is -2.50. The fraction of sp³-hybridized carbons (Fsp3) is 0.923. The van der Waals surface area contributed by atoms with Gasteiger partial charge in [0.15, 0.2) is 0 Å². The summed E-state index contributed by atoms with van der Waals surface area (Å²) in [5, 5.41) is 3.01. The number of ether oxygens (including phenoxy) is 1. The largest absolute Gasteiger partial charge is 0.378 e. The van der Waals surface area contributed by atoms with Crippen molar-refractivity contribution in [2.24, 2.45) is 11.7 Å². The second kappa shape index (κ2) is 5.36. The summed E-state index contributed by atoms with van der Waals surface area (Å²) in [7, 11) is 0. The lowest BCUT2D eigenvalue weighted by molar-refractivity contribution is -0.123. The lowest BCUT2D eigenvalue weighted by Gasteiger charge is -2.37. The molecule has 2 atom stereocenters. The number of carbonyl (C=O) groups is 1. The third-order valence-electron chi connectivity index (χ3n) is 4.17. The molecule has 4 heteroatoms. The topological polar surface area (TPSA) is 64.3 Å². The first-order chi connectivity index (χ1) is 8.13. The van der Waals surface area contributed by atoms with E-state index in [1.54, 1.807) is 0 Å². The standard InChI is InChI=1S/C13H24N2O2/c1-2-11-10(4-7-17-11)9-15-12(16)8-13(14)5-3-6-13/h10-11H,2-9,14H2,1H3,(H,15,16). The molecule has 1 aliphatic heterocycles. The molecule has 2 unspecified atom stereocenters.